The number of carbonyl (C=O) groups is 3. The van der Waals surface area contributed by atoms with Crippen LogP contribution in [-0.4, -0.2) is 64.2 Å². The Kier molecular flexibility index (Phi) is 14.0. The van der Waals surface area contributed by atoms with Crippen molar-refractivity contribution in [2.75, 3.05) is 26.0 Å². The number of methoxy groups -OCH3 is 1. The zero-order valence-corrected chi connectivity index (χ0v) is 27.3. The third kappa shape index (κ3) is 13.7. The van der Waals surface area contributed by atoms with Crippen molar-refractivity contribution in [1.82, 2.24) is 10.6 Å². The number of amides is 1. The van der Waals surface area contributed by atoms with Crippen LogP contribution in [-0.2, 0) is 37.0 Å². The summed E-state index contributed by atoms with van der Waals surface area (Å²) in [6, 6.07) is 15.4. The van der Waals surface area contributed by atoms with Crippen molar-refractivity contribution < 1.29 is 33.3 Å². The molecule has 1 amide bonds. The summed E-state index contributed by atoms with van der Waals surface area (Å²) >= 11 is 18.2. The standard InChI is InChI=1S/C29H37Cl3N2O7S/c1-27(2,3)41-25(36)28(4,18-33-15-20-11-13-22(38-5)14-12-20)42-17-23(34-26(37)40-19-29(30,31)32)24(35)39-16-21-9-7-6-8-10-21/h6-14,23,33H,15-19H2,1-5H3,(H,34,37)/t23-,28-/m0/s1. The monoisotopic (exact) mass is 662 g/mol. The summed E-state index contributed by atoms with van der Waals surface area (Å²) < 4.78 is 18.3. The van der Waals surface area contributed by atoms with E-state index in [4.69, 9.17) is 53.8 Å². The quantitative estimate of drug-likeness (QED) is 0.147. The van der Waals surface area contributed by atoms with E-state index in [1.165, 1.54) is 0 Å². The second-order valence-corrected chi connectivity index (χ2v) is 14.5. The average Bonchev–Trinajstić information content (AvgIpc) is 2.92. The largest absolute Gasteiger partial charge is 0.497 e. The number of esters is 2. The molecule has 232 valence electrons. The van der Waals surface area contributed by atoms with Gasteiger partial charge in [0.25, 0.3) is 0 Å². The van der Waals surface area contributed by atoms with Gasteiger partial charge in [-0.05, 0) is 51.0 Å². The van der Waals surface area contributed by atoms with Crippen molar-refractivity contribution in [3.8, 4) is 5.75 Å². The van der Waals surface area contributed by atoms with Gasteiger partial charge in [0, 0.05) is 18.8 Å². The molecule has 0 spiro atoms. The van der Waals surface area contributed by atoms with E-state index in [9.17, 15) is 14.4 Å². The molecule has 2 rings (SSSR count). The van der Waals surface area contributed by atoms with Gasteiger partial charge in [0.05, 0.1) is 7.11 Å². The molecule has 9 nitrogen and oxygen atoms in total. The first-order valence-electron chi connectivity index (χ1n) is 13.0. The van der Waals surface area contributed by atoms with Crippen LogP contribution in [0.3, 0.4) is 0 Å². The van der Waals surface area contributed by atoms with Crippen LogP contribution >= 0.6 is 46.6 Å². The van der Waals surface area contributed by atoms with Crippen molar-refractivity contribution in [2.45, 2.75) is 61.0 Å². The molecule has 0 fully saturated rings. The Hall–Kier alpha value is -2.37. The maximum atomic E-state index is 13.4. The highest BCUT2D eigenvalue weighted by molar-refractivity contribution is 8.01. The van der Waals surface area contributed by atoms with Gasteiger partial charge in [0.2, 0.25) is 3.79 Å². The van der Waals surface area contributed by atoms with Crippen molar-refractivity contribution in [3.05, 3.63) is 65.7 Å². The fraction of sp³-hybridized carbons (Fsp3) is 0.483. The molecule has 0 radical (unpaired) electrons. The van der Waals surface area contributed by atoms with Gasteiger partial charge < -0.3 is 29.6 Å². The number of hydrogen-bond acceptors (Lipinski definition) is 9. The molecule has 0 saturated heterocycles. The second kappa shape index (κ2) is 16.5. The van der Waals surface area contributed by atoms with Gasteiger partial charge in [-0.15, -0.1) is 11.8 Å². The Balaban J connectivity index is 2.17. The highest BCUT2D eigenvalue weighted by atomic mass is 35.6. The summed E-state index contributed by atoms with van der Waals surface area (Å²) in [4.78, 5) is 38.9. The van der Waals surface area contributed by atoms with Crippen molar-refractivity contribution in [2.24, 2.45) is 0 Å². The normalized spacial score (nSPS) is 13.8. The van der Waals surface area contributed by atoms with Crippen LogP contribution in [0.1, 0.15) is 38.8 Å². The first-order valence-corrected chi connectivity index (χ1v) is 15.1. The molecule has 0 bridgehead atoms. The Morgan fingerprint density at radius 1 is 0.905 bits per heavy atom. The zero-order chi connectivity index (χ0) is 31.4. The van der Waals surface area contributed by atoms with E-state index < -0.39 is 44.8 Å². The van der Waals surface area contributed by atoms with E-state index in [0.29, 0.717) is 6.54 Å². The summed E-state index contributed by atoms with van der Waals surface area (Å²) in [7, 11) is 1.59. The molecule has 2 aromatic rings. The first kappa shape index (κ1) is 35.8. The van der Waals surface area contributed by atoms with Crippen LogP contribution in [0.2, 0.25) is 0 Å². The number of rotatable bonds is 14. The summed E-state index contributed by atoms with van der Waals surface area (Å²) in [6.07, 6.45) is -0.986. The number of halogens is 3. The summed E-state index contributed by atoms with van der Waals surface area (Å²) in [5.41, 5.74) is 0.993. The van der Waals surface area contributed by atoms with E-state index in [1.54, 1.807) is 46.9 Å². The molecule has 13 heteroatoms. The minimum atomic E-state index is -1.83. The minimum Gasteiger partial charge on any atom is -0.497 e. The number of benzene rings is 2. The fourth-order valence-electron chi connectivity index (χ4n) is 3.35. The molecule has 42 heavy (non-hydrogen) atoms. The Labute approximate surface area is 266 Å². The lowest BCUT2D eigenvalue weighted by molar-refractivity contribution is -0.157. The van der Waals surface area contributed by atoms with Crippen LogP contribution in [0.4, 0.5) is 4.79 Å². The molecule has 0 saturated carbocycles. The molecule has 0 aromatic heterocycles. The number of ether oxygens (including phenoxy) is 4. The summed E-state index contributed by atoms with van der Waals surface area (Å²) in [5, 5.41) is 5.75. The van der Waals surface area contributed by atoms with E-state index in [0.717, 1.165) is 28.6 Å². The summed E-state index contributed by atoms with van der Waals surface area (Å²) in [6.45, 7) is 7.13. The third-order valence-electron chi connectivity index (χ3n) is 5.52. The first-order chi connectivity index (χ1) is 19.6. The van der Waals surface area contributed by atoms with Crippen LogP contribution in [0, 0.1) is 0 Å². The third-order valence-corrected chi connectivity index (χ3v) is 7.29. The van der Waals surface area contributed by atoms with Crippen LogP contribution < -0.4 is 15.4 Å². The maximum Gasteiger partial charge on any atom is 0.408 e. The van der Waals surface area contributed by atoms with Gasteiger partial charge in [-0.3, -0.25) is 4.79 Å². The van der Waals surface area contributed by atoms with Crippen molar-refractivity contribution >= 4 is 64.6 Å². The smallest absolute Gasteiger partial charge is 0.408 e. The predicted octanol–water partition coefficient (Wildman–Crippen LogP) is 5.83. The molecule has 2 aromatic carbocycles. The van der Waals surface area contributed by atoms with Crippen LogP contribution in [0.15, 0.2) is 54.6 Å². The molecule has 2 atom stereocenters. The van der Waals surface area contributed by atoms with Gasteiger partial charge in [-0.25, -0.2) is 9.59 Å². The number of hydrogen-bond donors (Lipinski definition) is 2. The SMILES string of the molecule is COc1ccc(CNC[C@](C)(SC[C@H](NC(=O)OCC(Cl)(Cl)Cl)C(=O)OCc2ccccc2)C(=O)OC(C)(C)C)cc1. The molecule has 2 N–H and O–H groups in total. The number of thioether (sulfide) groups is 1. The fourth-order valence-corrected chi connectivity index (χ4v) is 4.63. The number of alkyl carbamates (subject to hydrolysis) is 1. The number of alkyl halides is 3. The average molecular weight is 664 g/mol. The second-order valence-electron chi connectivity index (χ2n) is 10.5. The highest BCUT2D eigenvalue weighted by Gasteiger charge is 2.39. The van der Waals surface area contributed by atoms with Crippen molar-refractivity contribution in [3.63, 3.8) is 0 Å². The molecule has 0 unspecified atom stereocenters. The molecule has 0 aliphatic heterocycles. The van der Waals surface area contributed by atoms with E-state index in [1.807, 2.05) is 42.5 Å². The van der Waals surface area contributed by atoms with E-state index in [-0.39, 0.29) is 18.9 Å². The molecule has 0 aliphatic rings. The predicted molar refractivity (Wildman–Crippen MR) is 166 cm³/mol. The maximum absolute atomic E-state index is 13.4. The van der Waals surface area contributed by atoms with Crippen molar-refractivity contribution in [1.29, 1.82) is 0 Å². The van der Waals surface area contributed by atoms with Gasteiger partial charge in [0.1, 0.15) is 35.4 Å². The number of carbonyl (C=O) groups excluding carboxylic acids is 3. The Morgan fingerprint density at radius 3 is 2.12 bits per heavy atom. The molecule has 0 heterocycles. The van der Waals surface area contributed by atoms with Gasteiger partial charge >= 0.3 is 18.0 Å². The minimum absolute atomic E-state index is 0.0154. The van der Waals surface area contributed by atoms with Gasteiger partial charge in [-0.2, -0.15) is 0 Å². The van der Waals surface area contributed by atoms with E-state index >= 15 is 0 Å². The van der Waals surface area contributed by atoms with Crippen LogP contribution in [0.5, 0.6) is 5.75 Å². The Morgan fingerprint density at radius 2 is 1.55 bits per heavy atom. The molecular weight excluding hydrogens is 627 g/mol. The zero-order valence-electron chi connectivity index (χ0n) is 24.2. The van der Waals surface area contributed by atoms with Gasteiger partial charge in [0.15, 0.2) is 0 Å². The van der Waals surface area contributed by atoms with E-state index in [2.05, 4.69) is 10.6 Å². The lowest BCUT2D eigenvalue weighted by Crippen LogP contribution is -2.49. The molecule has 0 aliphatic carbocycles. The molecular formula is C29H37Cl3N2O7S. The number of nitrogens with one attached hydrogen (secondary N) is 2. The Bertz CT molecular complexity index is 1160. The summed E-state index contributed by atoms with van der Waals surface area (Å²) in [5.74, 6) is -0.526. The highest BCUT2D eigenvalue weighted by Crippen LogP contribution is 2.30. The van der Waals surface area contributed by atoms with Gasteiger partial charge in [-0.1, -0.05) is 77.3 Å². The lowest BCUT2D eigenvalue weighted by Gasteiger charge is -2.32. The van der Waals surface area contributed by atoms with Crippen LogP contribution in [0.25, 0.3) is 0 Å². The lowest BCUT2D eigenvalue weighted by atomic mass is 10.1. The topological polar surface area (TPSA) is 112 Å².